The Kier molecular flexibility index (Phi) is 7.41. The average molecular weight is 433 g/mol. The molecule has 0 spiro atoms. The first kappa shape index (κ1) is 22.3. The lowest BCUT2D eigenvalue weighted by Gasteiger charge is -2.20. The molecule has 4 nitrogen and oxygen atoms in total. The lowest BCUT2D eigenvalue weighted by atomic mass is 9.91. The Bertz CT molecular complexity index is 932. The fraction of sp³-hybridized carbons (Fsp3) is 0.429. The van der Waals surface area contributed by atoms with Crippen molar-refractivity contribution < 1.29 is 19.1 Å². The van der Waals surface area contributed by atoms with Gasteiger partial charge in [-0.1, -0.05) is 80.8 Å². The second kappa shape index (κ2) is 10.6. The zero-order valence-electron chi connectivity index (χ0n) is 18.7. The molecule has 2 aromatic carbocycles. The highest BCUT2D eigenvalue weighted by Gasteiger charge is 2.50. The fourth-order valence-corrected chi connectivity index (χ4v) is 4.87. The van der Waals surface area contributed by atoms with Crippen LogP contribution in [-0.4, -0.2) is 24.1 Å². The van der Waals surface area contributed by atoms with Crippen LogP contribution >= 0.6 is 0 Å². The Labute approximate surface area is 190 Å². The van der Waals surface area contributed by atoms with Gasteiger partial charge in [-0.25, -0.2) is 4.79 Å². The first-order valence-electron chi connectivity index (χ1n) is 11.9. The average Bonchev–Trinajstić information content (AvgIpc) is 3.32. The third-order valence-corrected chi connectivity index (χ3v) is 6.62. The smallest absolute Gasteiger partial charge is 0.338 e. The van der Waals surface area contributed by atoms with Crippen LogP contribution in [0.25, 0.3) is 11.1 Å². The van der Waals surface area contributed by atoms with E-state index in [1.807, 2.05) is 54.6 Å². The summed E-state index contributed by atoms with van der Waals surface area (Å²) in [6, 6.07) is 17.6. The highest BCUT2D eigenvalue weighted by atomic mass is 16.6. The van der Waals surface area contributed by atoms with Gasteiger partial charge in [-0.05, 0) is 36.1 Å². The minimum Gasteiger partial charge on any atom is -0.462 e. The standard InChI is InChI=1S/C28H32O4/c1-2-3-4-5-6-10-13-23-24-18-27(29)31-26(24)19-25(23)32-28(30)22-16-14-21(15-17-22)20-11-8-7-9-12-20/h7-17,23-26H,2-6,18-19H2,1H3/b13-10+/t23-,24-,25-,26+/m1/s1. The van der Waals surface area contributed by atoms with E-state index in [2.05, 4.69) is 19.1 Å². The molecular weight excluding hydrogens is 400 g/mol. The molecule has 1 saturated carbocycles. The van der Waals surface area contributed by atoms with Crippen molar-refractivity contribution in [1.29, 1.82) is 0 Å². The van der Waals surface area contributed by atoms with Crippen LogP contribution in [0, 0.1) is 11.8 Å². The van der Waals surface area contributed by atoms with Gasteiger partial charge in [-0.3, -0.25) is 4.79 Å². The molecule has 0 N–H and O–H groups in total. The molecular formula is C28H32O4. The van der Waals surface area contributed by atoms with Crippen molar-refractivity contribution in [3.63, 3.8) is 0 Å². The number of esters is 2. The monoisotopic (exact) mass is 432 g/mol. The van der Waals surface area contributed by atoms with Crippen LogP contribution in [0.3, 0.4) is 0 Å². The molecule has 2 aromatic rings. The topological polar surface area (TPSA) is 52.6 Å². The number of rotatable bonds is 9. The SMILES string of the molecule is CCCCCC/C=C/[C@@H]1[C@H]2CC(=O)O[C@H]2C[C@H]1OC(=O)c1ccc(-c2ccccc2)cc1. The molecule has 2 aliphatic rings. The zero-order chi connectivity index (χ0) is 22.3. The molecule has 4 atom stereocenters. The Hall–Kier alpha value is -2.88. The summed E-state index contributed by atoms with van der Waals surface area (Å²) in [5.41, 5.74) is 2.72. The van der Waals surface area contributed by atoms with Gasteiger partial charge in [0, 0.05) is 18.3 Å². The van der Waals surface area contributed by atoms with E-state index < -0.39 is 0 Å². The van der Waals surface area contributed by atoms with Crippen molar-refractivity contribution in [1.82, 2.24) is 0 Å². The summed E-state index contributed by atoms with van der Waals surface area (Å²) in [5, 5.41) is 0. The summed E-state index contributed by atoms with van der Waals surface area (Å²) in [4.78, 5) is 24.7. The maximum atomic E-state index is 12.9. The molecule has 0 radical (unpaired) electrons. The minimum atomic E-state index is -0.317. The minimum absolute atomic E-state index is 0.0326. The molecule has 168 valence electrons. The van der Waals surface area contributed by atoms with E-state index in [9.17, 15) is 9.59 Å². The molecule has 0 bridgehead atoms. The summed E-state index contributed by atoms with van der Waals surface area (Å²) in [6.07, 6.45) is 10.8. The van der Waals surface area contributed by atoms with Crippen molar-refractivity contribution in [2.75, 3.05) is 0 Å². The lowest BCUT2D eigenvalue weighted by molar-refractivity contribution is -0.141. The molecule has 4 heteroatoms. The van der Waals surface area contributed by atoms with Gasteiger partial charge >= 0.3 is 11.9 Å². The van der Waals surface area contributed by atoms with Gasteiger partial charge in [-0.15, -0.1) is 0 Å². The molecule has 1 saturated heterocycles. The first-order chi connectivity index (χ1) is 15.7. The summed E-state index contributed by atoms with van der Waals surface area (Å²) >= 11 is 0. The van der Waals surface area contributed by atoms with Crippen LogP contribution in [-0.2, 0) is 14.3 Å². The molecule has 2 fully saturated rings. The summed E-state index contributed by atoms with van der Waals surface area (Å²) in [5.74, 6) is -0.317. The Balaban J connectivity index is 1.40. The Morgan fingerprint density at radius 2 is 1.78 bits per heavy atom. The van der Waals surface area contributed by atoms with Gasteiger partial charge in [0.1, 0.15) is 12.2 Å². The van der Waals surface area contributed by atoms with Gasteiger partial charge in [0.15, 0.2) is 0 Å². The van der Waals surface area contributed by atoms with Gasteiger partial charge < -0.3 is 9.47 Å². The number of ether oxygens (including phenoxy) is 2. The van der Waals surface area contributed by atoms with E-state index in [0.717, 1.165) is 17.5 Å². The number of benzene rings is 2. The van der Waals surface area contributed by atoms with Gasteiger partial charge in [0.05, 0.1) is 12.0 Å². The Morgan fingerprint density at radius 1 is 1.03 bits per heavy atom. The van der Waals surface area contributed by atoms with Crippen molar-refractivity contribution >= 4 is 11.9 Å². The van der Waals surface area contributed by atoms with E-state index in [1.165, 1.54) is 25.7 Å². The fourth-order valence-electron chi connectivity index (χ4n) is 4.87. The number of hydrogen-bond acceptors (Lipinski definition) is 4. The largest absolute Gasteiger partial charge is 0.462 e. The number of carbonyl (C=O) groups is 2. The highest BCUT2D eigenvalue weighted by molar-refractivity contribution is 5.90. The van der Waals surface area contributed by atoms with Crippen LogP contribution in [0.2, 0.25) is 0 Å². The maximum Gasteiger partial charge on any atom is 0.338 e. The van der Waals surface area contributed by atoms with Gasteiger partial charge in [0.25, 0.3) is 0 Å². The van der Waals surface area contributed by atoms with Crippen LogP contribution in [0.5, 0.6) is 0 Å². The number of hydrogen-bond donors (Lipinski definition) is 0. The first-order valence-corrected chi connectivity index (χ1v) is 11.9. The van der Waals surface area contributed by atoms with Crippen LogP contribution in [0.1, 0.15) is 62.2 Å². The molecule has 0 aromatic heterocycles. The number of unbranched alkanes of at least 4 members (excludes halogenated alkanes) is 4. The highest BCUT2D eigenvalue weighted by Crippen LogP contribution is 2.43. The second-order valence-corrected chi connectivity index (χ2v) is 8.87. The van der Waals surface area contributed by atoms with E-state index >= 15 is 0 Å². The predicted molar refractivity (Wildman–Crippen MR) is 125 cm³/mol. The Morgan fingerprint density at radius 3 is 2.53 bits per heavy atom. The van der Waals surface area contributed by atoms with Crippen molar-refractivity contribution in [2.45, 2.75) is 64.1 Å². The second-order valence-electron chi connectivity index (χ2n) is 8.87. The third-order valence-electron chi connectivity index (χ3n) is 6.62. The molecule has 1 aliphatic heterocycles. The van der Waals surface area contributed by atoms with Gasteiger partial charge in [0.2, 0.25) is 0 Å². The van der Waals surface area contributed by atoms with Crippen molar-refractivity contribution in [3.05, 3.63) is 72.3 Å². The van der Waals surface area contributed by atoms with Crippen molar-refractivity contribution in [3.8, 4) is 11.1 Å². The van der Waals surface area contributed by atoms with E-state index in [0.29, 0.717) is 18.4 Å². The van der Waals surface area contributed by atoms with Crippen LogP contribution in [0.4, 0.5) is 0 Å². The lowest BCUT2D eigenvalue weighted by Crippen LogP contribution is -2.24. The van der Waals surface area contributed by atoms with E-state index in [4.69, 9.17) is 9.47 Å². The molecule has 0 amide bonds. The predicted octanol–water partition coefficient (Wildman–Crippen LogP) is 6.36. The number of allylic oxidation sites excluding steroid dienone is 1. The van der Waals surface area contributed by atoms with Crippen molar-refractivity contribution in [2.24, 2.45) is 11.8 Å². The normalized spacial score (nSPS) is 24.5. The van der Waals surface area contributed by atoms with Crippen LogP contribution < -0.4 is 0 Å². The summed E-state index contributed by atoms with van der Waals surface area (Å²) in [6.45, 7) is 2.21. The van der Waals surface area contributed by atoms with E-state index in [-0.39, 0.29) is 36.0 Å². The van der Waals surface area contributed by atoms with Gasteiger partial charge in [-0.2, -0.15) is 0 Å². The van der Waals surface area contributed by atoms with E-state index in [1.54, 1.807) is 0 Å². The molecule has 32 heavy (non-hydrogen) atoms. The van der Waals surface area contributed by atoms with Crippen LogP contribution in [0.15, 0.2) is 66.7 Å². The quantitative estimate of drug-likeness (QED) is 0.263. The molecule has 1 aliphatic carbocycles. The zero-order valence-corrected chi connectivity index (χ0v) is 18.7. The summed E-state index contributed by atoms with van der Waals surface area (Å²) < 4.78 is 11.4. The third kappa shape index (κ3) is 5.29. The molecule has 1 heterocycles. The number of carbonyl (C=O) groups excluding carboxylic acids is 2. The number of fused-ring (bicyclic) bond motifs is 1. The molecule has 4 rings (SSSR count). The summed E-state index contributed by atoms with van der Waals surface area (Å²) in [7, 11) is 0. The maximum absolute atomic E-state index is 12.9. The molecule has 0 unspecified atom stereocenters.